The van der Waals surface area contributed by atoms with Gasteiger partial charge in [-0.15, -0.1) is 0 Å². The SMILES string of the molecule is Cc1cc(F)ccc1Oc1cc(C(F)(F)F)ccc1C(=O)Nc1ccc(C#N)cc1. The minimum atomic E-state index is -4.64. The fraction of sp³-hybridized carbons (Fsp3) is 0.0909. The molecule has 0 aliphatic carbocycles. The summed E-state index contributed by atoms with van der Waals surface area (Å²) in [5.74, 6) is -1.44. The van der Waals surface area contributed by atoms with Gasteiger partial charge in [0.15, 0.2) is 0 Å². The smallest absolute Gasteiger partial charge is 0.416 e. The second kappa shape index (κ2) is 8.25. The molecule has 0 heterocycles. The molecule has 0 aromatic heterocycles. The molecule has 0 bridgehead atoms. The molecular formula is C22H14F4N2O2. The van der Waals surface area contributed by atoms with Crippen molar-refractivity contribution in [2.24, 2.45) is 0 Å². The first kappa shape index (κ1) is 20.9. The maximum Gasteiger partial charge on any atom is 0.416 e. The van der Waals surface area contributed by atoms with Gasteiger partial charge in [0.1, 0.15) is 17.3 Å². The van der Waals surface area contributed by atoms with Crippen molar-refractivity contribution in [2.75, 3.05) is 5.32 Å². The summed E-state index contributed by atoms with van der Waals surface area (Å²) >= 11 is 0. The summed E-state index contributed by atoms with van der Waals surface area (Å²) in [4.78, 5) is 12.7. The average Bonchev–Trinajstić information content (AvgIpc) is 2.70. The number of carbonyl (C=O) groups excluding carboxylic acids is 1. The highest BCUT2D eigenvalue weighted by molar-refractivity contribution is 6.06. The zero-order valence-corrected chi connectivity index (χ0v) is 15.5. The van der Waals surface area contributed by atoms with Gasteiger partial charge in [-0.3, -0.25) is 4.79 Å². The Morgan fingerprint density at radius 1 is 1.00 bits per heavy atom. The van der Waals surface area contributed by atoms with Crippen molar-refractivity contribution in [1.82, 2.24) is 0 Å². The van der Waals surface area contributed by atoms with Crippen LogP contribution in [0.15, 0.2) is 60.7 Å². The van der Waals surface area contributed by atoms with E-state index in [1.54, 1.807) is 0 Å². The van der Waals surface area contributed by atoms with E-state index in [2.05, 4.69) is 5.32 Å². The van der Waals surface area contributed by atoms with E-state index < -0.39 is 23.5 Å². The second-order valence-electron chi connectivity index (χ2n) is 6.36. The summed E-state index contributed by atoms with van der Waals surface area (Å²) in [6.45, 7) is 1.53. The molecule has 0 spiro atoms. The Bertz CT molecular complexity index is 1130. The van der Waals surface area contributed by atoms with Gasteiger partial charge < -0.3 is 10.1 Å². The van der Waals surface area contributed by atoms with Crippen LogP contribution in [0.3, 0.4) is 0 Å². The van der Waals surface area contributed by atoms with E-state index in [9.17, 15) is 22.4 Å². The van der Waals surface area contributed by atoms with Crippen molar-refractivity contribution in [3.8, 4) is 17.6 Å². The number of nitrogens with zero attached hydrogens (tertiary/aromatic N) is 1. The summed E-state index contributed by atoms with van der Waals surface area (Å²) in [5.41, 5.74) is -0.0460. The Hall–Kier alpha value is -3.86. The normalized spacial score (nSPS) is 10.9. The molecule has 3 rings (SSSR count). The lowest BCUT2D eigenvalue weighted by molar-refractivity contribution is -0.137. The van der Waals surface area contributed by atoms with Crippen molar-refractivity contribution in [1.29, 1.82) is 5.26 Å². The molecule has 4 nitrogen and oxygen atoms in total. The van der Waals surface area contributed by atoms with Gasteiger partial charge in [-0.05, 0) is 73.2 Å². The van der Waals surface area contributed by atoms with Crippen LogP contribution in [0.2, 0.25) is 0 Å². The molecule has 0 atom stereocenters. The molecule has 0 unspecified atom stereocenters. The zero-order chi connectivity index (χ0) is 21.9. The molecule has 0 aliphatic rings. The summed E-state index contributed by atoms with van der Waals surface area (Å²) in [5, 5.41) is 11.4. The van der Waals surface area contributed by atoms with E-state index in [0.717, 1.165) is 24.3 Å². The van der Waals surface area contributed by atoms with E-state index in [0.29, 0.717) is 16.8 Å². The number of ether oxygens (including phenoxy) is 1. The predicted octanol–water partition coefficient (Wildman–Crippen LogP) is 6.07. The Labute approximate surface area is 169 Å². The van der Waals surface area contributed by atoms with Crippen LogP contribution in [0, 0.1) is 24.1 Å². The van der Waals surface area contributed by atoms with Crippen molar-refractivity contribution in [2.45, 2.75) is 13.1 Å². The number of hydrogen-bond acceptors (Lipinski definition) is 3. The number of carbonyl (C=O) groups is 1. The summed E-state index contributed by atoms with van der Waals surface area (Å²) in [6, 6.07) is 13.9. The van der Waals surface area contributed by atoms with E-state index in [4.69, 9.17) is 10.00 Å². The first-order chi connectivity index (χ1) is 14.2. The number of alkyl halides is 3. The number of aryl methyl sites for hydroxylation is 1. The number of rotatable bonds is 4. The summed E-state index contributed by atoms with van der Waals surface area (Å²) < 4.78 is 58.4. The largest absolute Gasteiger partial charge is 0.456 e. The van der Waals surface area contributed by atoms with Crippen molar-refractivity contribution >= 4 is 11.6 Å². The Morgan fingerprint density at radius 2 is 1.70 bits per heavy atom. The van der Waals surface area contributed by atoms with Crippen molar-refractivity contribution < 1.29 is 27.1 Å². The molecule has 8 heteroatoms. The van der Waals surface area contributed by atoms with E-state index in [1.165, 1.54) is 43.3 Å². The minimum absolute atomic E-state index is 0.114. The summed E-state index contributed by atoms with van der Waals surface area (Å²) in [6.07, 6.45) is -4.64. The molecule has 0 fully saturated rings. The molecule has 0 saturated carbocycles. The molecular weight excluding hydrogens is 400 g/mol. The number of hydrogen-bond donors (Lipinski definition) is 1. The molecule has 1 amide bonds. The van der Waals surface area contributed by atoms with Crippen molar-refractivity contribution in [3.05, 3.63) is 88.7 Å². The highest BCUT2D eigenvalue weighted by atomic mass is 19.4. The van der Waals surface area contributed by atoms with Crippen LogP contribution in [0.5, 0.6) is 11.5 Å². The first-order valence-electron chi connectivity index (χ1n) is 8.64. The number of anilines is 1. The maximum absolute atomic E-state index is 13.3. The average molecular weight is 414 g/mol. The number of halogens is 4. The fourth-order valence-corrected chi connectivity index (χ4v) is 2.64. The van der Waals surface area contributed by atoms with Crippen molar-refractivity contribution in [3.63, 3.8) is 0 Å². The van der Waals surface area contributed by atoms with E-state index >= 15 is 0 Å². The molecule has 0 aliphatic heterocycles. The molecule has 152 valence electrons. The molecule has 3 aromatic carbocycles. The third-order valence-corrected chi connectivity index (χ3v) is 4.18. The third kappa shape index (κ3) is 4.75. The van der Waals surface area contributed by atoms with Gasteiger partial charge in [-0.2, -0.15) is 18.4 Å². The zero-order valence-electron chi connectivity index (χ0n) is 15.5. The standard InChI is InChI=1S/C22H14F4N2O2/c1-13-10-16(23)5-9-19(13)30-20-11-15(22(24,25)26)4-8-18(20)21(29)28-17-6-2-14(12-27)3-7-17/h2-11H,1H3,(H,28,29). The van der Waals surface area contributed by atoms with Crippen LogP contribution in [-0.4, -0.2) is 5.91 Å². The lowest BCUT2D eigenvalue weighted by atomic mass is 10.1. The Morgan fingerprint density at radius 3 is 2.30 bits per heavy atom. The molecule has 0 radical (unpaired) electrons. The predicted molar refractivity (Wildman–Crippen MR) is 102 cm³/mol. The first-order valence-corrected chi connectivity index (χ1v) is 8.64. The van der Waals surface area contributed by atoms with Crippen LogP contribution < -0.4 is 10.1 Å². The lowest BCUT2D eigenvalue weighted by Crippen LogP contribution is -2.14. The number of amides is 1. The van der Waals surface area contributed by atoms with Crippen LogP contribution in [0.1, 0.15) is 27.0 Å². The maximum atomic E-state index is 13.3. The lowest BCUT2D eigenvalue weighted by Gasteiger charge is -2.16. The van der Waals surface area contributed by atoms with Gasteiger partial charge >= 0.3 is 6.18 Å². The van der Waals surface area contributed by atoms with Crippen LogP contribution in [-0.2, 0) is 6.18 Å². The Kier molecular flexibility index (Phi) is 5.74. The molecule has 30 heavy (non-hydrogen) atoms. The minimum Gasteiger partial charge on any atom is -0.456 e. The Balaban J connectivity index is 1.97. The van der Waals surface area contributed by atoms with Crippen LogP contribution in [0.4, 0.5) is 23.2 Å². The van der Waals surface area contributed by atoms with Gasteiger partial charge in [-0.1, -0.05) is 0 Å². The van der Waals surface area contributed by atoms with Gasteiger partial charge in [0.05, 0.1) is 22.8 Å². The van der Waals surface area contributed by atoms with Gasteiger partial charge in [0.2, 0.25) is 0 Å². The third-order valence-electron chi connectivity index (χ3n) is 4.18. The highest BCUT2D eigenvalue weighted by Crippen LogP contribution is 2.36. The van der Waals surface area contributed by atoms with Gasteiger partial charge in [0.25, 0.3) is 5.91 Å². The van der Waals surface area contributed by atoms with Gasteiger partial charge in [0, 0.05) is 5.69 Å². The second-order valence-corrected chi connectivity index (χ2v) is 6.36. The van der Waals surface area contributed by atoms with E-state index in [1.807, 2.05) is 6.07 Å². The van der Waals surface area contributed by atoms with Crippen LogP contribution in [0.25, 0.3) is 0 Å². The monoisotopic (exact) mass is 414 g/mol. The number of benzene rings is 3. The number of nitriles is 1. The number of nitrogens with one attached hydrogen (secondary N) is 1. The van der Waals surface area contributed by atoms with E-state index in [-0.39, 0.29) is 17.1 Å². The molecule has 0 saturated heterocycles. The quantitative estimate of drug-likeness (QED) is 0.527. The topological polar surface area (TPSA) is 62.1 Å². The van der Waals surface area contributed by atoms with Gasteiger partial charge in [-0.25, -0.2) is 4.39 Å². The molecule has 3 aromatic rings. The summed E-state index contributed by atoms with van der Waals surface area (Å²) in [7, 11) is 0. The molecule has 1 N–H and O–H groups in total. The highest BCUT2D eigenvalue weighted by Gasteiger charge is 2.32. The van der Waals surface area contributed by atoms with Crippen LogP contribution >= 0.6 is 0 Å². The fourth-order valence-electron chi connectivity index (χ4n) is 2.64.